The quantitative estimate of drug-likeness (QED) is 0.414. The first kappa shape index (κ1) is 20.7. The number of benzene rings is 2. The average molecular weight is 450 g/mol. The van der Waals surface area contributed by atoms with Gasteiger partial charge in [0.1, 0.15) is 6.33 Å². The van der Waals surface area contributed by atoms with Crippen LogP contribution in [0.25, 0.3) is 28.3 Å². The van der Waals surface area contributed by atoms with Gasteiger partial charge in [0, 0.05) is 43.1 Å². The Labute approximate surface area is 199 Å². The van der Waals surface area contributed by atoms with Crippen LogP contribution in [0.4, 0.5) is 5.69 Å². The monoisotopic (exact) mass is 449 g/mol. The average Bonchev–Trinajstić information content (AvgIpc) is 3.49. The summed E-state index contributed by atoms with van der Waals surface area (Å²) in [5.41, 5.74) is 7.57. The minimum Gasteiger partial charge on any atom is -0.370 e. The van der Waals surface area contributed by atoms with E-state index < -0.39 is 0 Å². The lowest BCUT2D eigenvalue weighted by Gasteiger charge is -2.37. The number of rotatable bonds is 3. The molecule has 0 saturated carbocycles. The number of nitriles is 1. The van der Waals surface area contributed by atoms with Gasteiger partial charge in [0.25, 0.3) is 0 Å². The summed E-state index contributed by atoms with van der Waals surface area (Å²) in [5, 5.41) is 17.8. The van der Waals surface area contributed by atoms with Gasteiger partial charge in [-0.1, -0.05) is 12.1 Å². The van der Waals surface area contributed by atoms with Crippen molar-refractivity contribution in [3.05, 3.63) is 72.2 Å². The van der Waals surface area contributed by atoms with E-state index in [0.29, 0.717) is 11.6 Å². The van der Waals surface area contributed by atoms with Gasteiger partial charge in [-0.25, -0.2) is 0 Å². The number of piperidine rings is 1. The van der Waals surface area contributed by atoms with Crippen molar-refractivity contribution in [2.45, 2.75) is 25.4 Å². The normalized spacial score (nSPS) is 17.0. The number of likely N-dealkylation sites (N-methyl/N-ethyl adjacent to an activating group) is 1. The molecule has 34 heavy (non-hydrogen) atoms. The minimum atomic E-state index is 0.586. The predicted octanol–water partition coefficient (Wildman–Crippen LogP) is 4.17. The number of aromatic nitrogens is 4. The molecule has 1 atom stereocenters. The molecule has 1 unspecified atom stereocenters. The van der Waals surface area contributed by atoms with Crippen molar-refractivity contribution in [1.82, 2.24) is 24.2 Å². The molecule has 1 fully saturated rings. The molecule has 0 amide bonds. The summed E-state index contributed by atoms with van der Waals surface area (Å²) in [5.74, 6) is 0.844. The highest BCUT2D eigenvalue weighted by atomic mass is 15.3. The molecule has 2 aliphatic rings. The highest BCUT2D eigenvalue weighted by Crippen LogP contribution is 2.35. The number of nitrogens with zero attached hydrogens (tertiary/aromatic N) is 7. The van der Waals surface area contributed by atoms with Crippen LogP contribution in [-0.2, 0) is 6.54 Å². The van der Waals surface area contributed by atoms with Gasteiger partial charge in [-0.15, -0.1) is 10.2 Å². The Bertz CT molecular complexity index is 1390. The van der Waals surface area contributed by atoms with E-state index >= 15 is 0 Å². The molecule has 4 heterocycles. The number of fused-ring (bicyclic) bond motifs is 5. The lowest BCUT2D eigenvalue weighted by molar-refractivity contribution is 0.258. The zero-order chi connectivity index (χ0) is 23.2. The highest BCUT2D eigenvalue weighted by Gasteiger charge is 2.25. The maximum absolute atomic E-state index is 9.12. The van der Waals surface area contributed by atoms with Crippen LogP contribution in [0.5, 0.6) is 0 Å². The van der Waals surface area contributed by atoms with E-state index in [1.165, 1.54) is 24.1 Å². The second-order valence-corrected chi connectivity index (χ2v) is 9.47. The molecule has 2 aliphatic heterocycles. The zero-order valence-corrected chi connectivity index (χ0v) is 19.5. The van der Waals surface area contributed by atoms with Gasteiger partial charge >= 0.3 is 0 Å². The first-order chi connectivity index (χ1) is 16.6. The van der Waals surface area contributed by atoms with Crippen LogP contribution in [0.3, 0.4) is 0 Å². The fraction of sp³-hybridized carbons (Fsp3) is 0.296. The van der Waals surface area contributed by atoms with Gasteiger partial charge in [-0.2, -0.15) is 5.26 Å². The van der Waals surface area contributed by atoms with Gasteiger partial charge < -0.3 is 14.4 Å². The maximum atomic E-state index is 9.12. The Morgan fingerprint density at radius 3 is 2.71 bits per heavy atom. The molecule has 0 bridgehead atoms. The second-order valence-electron chi connectivity index (χ2n) is 9.47. The first-order valence-corrected chi connectivity index (χ1v) is 11.8. The summed E-state index contributed by atoms with van der Waals surface area (Å²) >= 11 is 0. The Morgan fingerprint density at radius 2 is 1.91 bits per heavy atom. The van der Waals surface area contributed by atoms with Crippen LogP contribution in [0.2, 0.25) is 0 Å². The van der Waals surface area contributed by atoms with Gasteiger partial charge in [-0.05, 0) is 74.5 Å². The molecule has 0 N–H and O–H groups in total. The fourth-order valence-electron chi connectivity index (χ4n) is 5.23. The molecular formula is C27H27N7. The molecule has 0 spiro atoms. The van der Waals surface area contributed by atoms with Crippen LogP contribution < -0.4 is 4.90 Å². The van der Waals surface area contributed by atoms with E-state index in [2.05, 4.69) is 79.8 Å². The van der Waals surface area contributed by atoms with Crippen molar-refractivity contribution in [2.75, 3.05) is 32.1 Å². The van der Waals surface area contributed by atoms with Crippen molar-refractivity contribution in [3.63, 3.8) is 0 Å². The first-order valence-electron chi connectivity index (χ1n) is 11.8. The summed E-state index contributed by atoms with van der Waals surface area (Å²) in [4.78, 5) is 4.86. The third-order valence-corrected chi connectivity index (χ3v) is 7.18. The van der Waals surface area contributed by atoms with Crippen molar-refractivity contribution < 1.29 is 0 Å². The number of hydrogen-bond donors (Lipinski definition) is 0. The van der Waals surface area contributed by atoms with E-state index in [9.17, 15) is 0 Å². The molecule has 0 aliphatic carbocycles. The van der Waals surface area contributed by atoms with Gasteiger partial charge in [-0.3, -0.25) is 4.57 Å². The lowest BCUT2D eigenvalue weighted by atomic mass is 10.0. The lowest BCUT2D eigenvalue weighted by Crippen LogP contribution is -2.45. The van der Waals surface area contributed by atoms with E-state index in [1.807, 2.05) is 24.3 Å². The molecule has 170 valence electrons. The highest BCUT2D eigenvalue weighted by molar-refractivity contribution is 5.72. The molecular weight excluding hydrogens is 422 g/mol. The Morgan fingerprint density at radius 1 is 1.06 bits per heavy atom. The molecule has 7 heteroatoms. The Hall–Kier alpha value is -3.89. The topological polar surface area (TPSA) is 65.9 Å². The molecule has 6 rings (SSSR count). The summed E-state index contributed by atoms with van der Waals surface area (Å²) in [6, 6.07) is 19.5. The van der Waals surface area contributed by atoms with E-state index in [-0.39, 0.29) is 0 Å². The van der Waals surface area contributed by atoms with E-state index in [4.69, 9.17) is 5.26 Å². The van der Waals surface area contributed by atoms with Crippen LogP contribution in [0.15, 0.2) is 61.1 Å². The third kappa shape index (κ3) is 3.47. The Balaban J connectivity index is 1.39. The maximum Gasteiger partial charge on any atom is 0.185 e. The van der Waals surface area contributed by atoms with E-state index in [1.54, 1.807) is 6.33 Å². The SMILES string of the molecule is CN(C)C1CCCN(c2ccc3c(c2)Cn2cc(-c4ccc(C#N)cc4)cc2-c2nncn2-3)C1. The zero-order valence-electron chi connectivity index (χ0n) is 19.5. The molecule has 2 aromatic carbocycles. The summed E-state index contributed by atoms with van der Waals surface area (Å²) in [6.07, 6.45) is 6.45. The second kappa shape index (κ2) is 8.15. The Kier molecular flexibility index (Phi) is 4.96. The largest absolute Gasteiger partial charge is 0.370 e. The predicted molar refractivity (Wildman–Crippen MR) is 133 cm³/mol. The van der Waals surface area contributed by atoms with Gasteiger partial charge in [0.2, 0.25) is 0 Å². The van der Waals surface area contributed by atoms with Crippen LogP contribution >= 0.6 is 0 Å². The van der Waals surface area contributed by atoms with Crippen LogP contribution in [0.1, 0.15) is 24.0 Å². The molecule has 0 radical (unpaired) electrons. The van der Waals surface area contributed by atoms with Crippen molar-refractivity contribution in [2.24, 2.45) is 0 Å². The summed E-state index contributed by atoms with van der Waals surface area (Å²) < 4.78 is 4.36. The molecule has 1 saturated heterocycles. The standard InChI is InChI=1S/C27H27N7/c1-31(2)24-4-3-11-32(17-24)23-9-10-25-22(12-23)16-33-15-21(20-7-5-19(14-28)6-8-20)13-26(33)27-30-29-18-34(25)27/h5-10,12-13,15,18,24H,3-4,11,16-17H2,1-2H3. The molecule has 7 nitrogen and oxygen atoms in total. The van der Waals surface area contributed by atoms with Gasteiger partial charge in [0.15, 0.2) is 5.82 Å². The van der Waals surface area contributed by atoms with Crippen molar-refractivity contribution >= 4 is 5.69 Å². The van der Waals surface area contributed by atoms with Crippen molar-refractivity contribution in [1.29, 1.82) is 5.26 Å². The fourth-order valence-corrected chi connectivity index (χ4v) is 5.23. The van der Waals surface area contributed by atoms with Crippen LogP contribution in [-0.4, -0.2) is 57.5 Å². The van der Waals surface area contributed by atoms with Crippen LogP contribution in [0, 0.1) is 11.3 Å². The summed E-state index contributed by atoms with van der Waals surface area (Å²) in [6.45, 7) is 2.92. The van der Waals surface area contributed by atoms with E-state index in [0.717, 1.165) is 48.0 Å². The molecule has 2 aromatic heterocycles. The van der Waals surface area contributed by atoms with Gasteiger partial charge in [0.05, 0.1) is 23.0 Å². The van der Waals surface area contributed by atoms with Crippen molar-refractivity contribution in [3.8, 4) is 34.4 Å². The third-order valence-electron chi connectivity index (χ3n) is 7.18. The summed E-state index contributed by atoms with van der Waals surface area (Å²) in [7, 11) is 4.36. The smallest absolute Gasteiger partial charge is 0.185 e. The minimum absolute atomic E-state index is 0.586. The number of anilines is 1. The number of hydrogen-bond acceptors (Lipinski definition) is 5. The molecule has 4 aromatic rings.